The molecule has 5 heteroatoms. The molecule has 1 aliphatic heterocycles. The van der Waals surface area contributed by atoms with Crippen molar-refractivity contribution in [2.75, 3.05) is 28.6 Å². The summed E-state index contributed by atoms with van der Waals surface area (Å²) in [6.45, 7) is 4.21. The Bertz CT molecular complexity index is 780. The molecule has 1 fully saturated rings. The van der Waals surface area contributed by atoms with Gasteiger partial charge in [0.15, 0.2) is 0 Å². The molecule has 0 saturated carbocycles. The number of nitrogens with one attached hydrogen (secondary N) is 2. The van der Waals surface area contributed by atoms with E-state index in [1.165, 1.54) is 24.9 Å². The van der Waals surface area contributed by atoms with E-state index >= 15 is 0 Å². The minimum absolute atomic E-state index is 0.202. The Labute approximate surface area is 160 Å². The third-order valence-electron chi connectivity index (χ3n) is 4.87. The molecule has 1 heterocycles. The van der Waals surface area contributed by atoms with E-state index in [0.29, 0.717) is 5.69 Å². The molecule has 2 amide bonds. The maximum Gasteiger partial charge on any atom is 0.233 e. The van der Waals surface area contributed by atoms with Crippen molar-refractivity contribution in [3.05, 3.63) is 54.1 Å². The molecule has 3 rings (SSSR count). The smallest absolute Gasteiger partial charge is 0.233 e. The molecule has 142 valence electrons. The van der Waals surface area contributed by atoms with E-state index < -0.39 is 0 Å². The number of anilines is 3. The van der Waals surface area contributed by atoms with E-state index in [2.05, 4.69) is 15.5 Å². The number of carbonyl (C=O) groups is 2. The fourth-order valence-electron chi connectivity index (χ4n) is 3.40. The minimum Gasteiger partial charge on any atom is -0.372 e. The Balaban J connectivity index is 1.52. The van der Waals surface area contributed by atoms with Crippen LogP contribution < -0.4 is 15.5 Å². The van der Waals surface area contributed by atoms with Crippen LogP contribution in [0.3, 0.4) is 0 Å². The summed E-state index contributed by atoms with van der Waals surface area (Å²) in [5, 5.41) is 5.62. The highest BCUT2D eigenvalue weighted by atomic mass is 16.2. The predicted molar refractivity (Wildman–Crippen MR) is 110 cm³/mol. The quantitative estimate of drug-likeness (QED) is 0.754. The summed E-state index contributed by atoms with van der Waals surface area (Å²) in [4.78, 5) is 26.7. The van der Waals surface area contributed by atoms with Crippen LogP contribution in [-0.4, -0.2) is 24.9 Å². The van der Waals surface area contributed by atoms with Gasteiger partial charge >= 0.3 is 0 Å². The van der Waals surface area contributed by atoms with Crippen LogP contribution in [0, 0.1) is 0 Å². The molecule has 2 aromatic rings. The minimum atomic E-state index is -0.313. The van der Waals surface area contributed by atoms with Crippen molar-refractivity contribution < 1.29 is 9.59 Å². The van der Waals surface area contributed by atoms with Crippen LogP contribution in [0.25, 0.3) is 0 Å². The molecule has 5 nitrogen and oxygen atoms in total. The average molecular weight is 365 g/mol. The third-order valence-corrected chi connectivity index (χ3v) is 4.87. The molecule has 1 saturated heterocycles. The number of para-hydroxylation sites is 1. The van der Waals surface area contributed by atoms with Crippen molar-refractivity contribution in [2.45, 2.75) is 39.0 Å². The molecule has 0 aliphatic carbocycles. The van der Waals surface area contributed by atoms with Gasteiger partial charge in [0.1, 0.15) is 6.42 Å². The van der Waals surface area contributed by atoms with Crippen molar-refractivity contribution in [2.24, 2.45) is 0 Å². The van der Waals surface area contributed by atoms with Crippen molar-refractivity contribution in [3.63, 3.8) is 0 Å². The first-order chi connectivity index (χ1) is 13.2. The number of piperidine rings is 1. The fraction of sp³-hybridized carbons (Fsp3) is 0.364. The van der Waals surface area contributed by atoms with Crippen LogP contribution in [0.1, 0.15) is 38.2 Å². The molecule has 1 aliphatic rings. The zero-order valence-corrected chi connectivity index (χ0v) is 15.8. The molecule has 27 heavy (non-hydrogen) atoms. The monoisotopic (exact) mass is 365 g/mol. The number of rotatable bonds is 6. The molecule has 0 unspecified atom stereocenters. The number of hydrogen-bond acceptors (Lipinski definition) is 3. The van der Waals surface area contributed by atoms with Gasteiger partial charge in [-0.05, 0) is 61.6 Å². The lowest BCUT2D eigenvalue weighted by Gasteiger charge is -2.28. The van der Waals surface area contributed by atoms with Crippen LogP contribution in [-0.2, 0) is 16.0 Å². The van der Waals surface area contributed by atoms with Gasteiger partial charge in [0.2, 0.25) is 11.8 Å². The largest absolute Gasteiger partial charge is 0.372 e. The Morgan fingerprint density at radius 1 is 0.889 bits per heavy atom. The van der Waals surface area contributed by atoms with E-state index in [4.69, 9.17) is 0 Å². The molecule has 0 spiro atoms. The summed E-state index contributed by atoms with van der Waals surface area (Å²) in [7, 11) is 0. The lowest BCUT2D eigenvalue weighted by atomic mass is 10.1. The third kappa shape index (κ3) is 5.33. The van der Waals surface area contributed by atoms with E-state index in [1.54, 1.807) is 0 Å². The molecule has 2 N–H and O–H groups in total. The van der Waals surface area contributed by atoms with Gasteiger partial charge in [0.05, 0.1) is 0 Å². The number of amides is 2. The first-order valence-electron chi connectivity index (χ1n) is 9.68. The summed E-state index contributed by atoms with van der Waals surface area (Å²) in [5.74, 6) is -0.620. The Morgan fingerprint density at radius 3 is 2.26 bits per heavy atom. The molecule has 0 atom stereocenters. The van der Waals surface area contributed by atoms with Crippen molar-refractivity contribution in [3.8, 4) is 0 Å². The van der Waals surface area contributed by atoms with Gasteiger partial charge in [-0.1, -0.05) is 25.1 Å². The van der Waals surface area contributed by atoms with Gasteiger partial charge in [0, 0.05) is 30.2 Å². The van der Waals surface area contributed by atoms with Crippen LogP contribution in [0.15, 0.2) is 48.5 Å². The highest BCUT2D eigenvalue weighted by Crippen LogP contribution is 2.22. The van der Waals surface area contributed by atoms with E-state index in [9.17, 15) is 9.59 Å². The zero-order valence-electron chi connectivity index (χ0n) is 15.8. The zero-order chi connectivity index (χ0) is 19.1. The van der Waals surface area contributed by atoms with Gasteiger partial charge in [-0.2, -0.15) is 0 Å². The Morgan fingerprint density at radius 2 is 1.56 bits per heavy atom. The van der Waals surface area contributed by atoms with Gasteiger partial charge in [0.25, 0.3) is 0 Å². The summed E-state index contributed by atoms with van der Waals surface area (Å²) in [6, 6.07) is 15.5. The highest BCUT2D eigenvalue weighted by Gasteiger charge is 2.13. The van der Waals surface area contributed by atoms with E-state index in [0.717, 1.165) is 30.8 Å². The molecule has 0 aromatic heterocycles. The SMILES string of the molecule is CCc1ccccc1NC(=O)CC(=O)Nc1ccc(N2CCCCC2)cc1. The lowest BCUT2D eigenvalue weighted by molar-refractivity contribution is -0.123. The first kappa shape index (κ1) is 19.0. The van der Waals surface area contributed by atoms with Crippen LogP contribution in [0.4, 0.5) is 17.1 Å². The summed E-state index contributed by atoms with van der Waals surface area (Å²) in [5.41, 5.74) is 3.72. The van der Waals surface area contributed by atoms with Crippen LogP contribution in [0.2, 0.25) is 0 Å². The predicted octanol–water partition coefficient (Wildman–Crippen LogP) is 4.21. The molecule has 0 bridgehead atoms. The van der Waals surface area contributed by atoms with Crippen LogP contribution >= 0.6 is 0 Å². The highest BCUT2D eigenvalue weighted by molar-refractivity contribution is 6.08. The van der Waals surface area contributed by atoms with E-state index in [-0.39, 0.29) is 18.2 Å². The van der Waals surface area contributed by atoms with E-state index in [1.807, 2.05) is 55.5 Å². The van der Waals surface area contributed by atoms with Gasteiger partial charge in [-0.15, -0.1) is 0 Å². The molecule has 2 aromatic carbocycles. The fourth-order valence-corrected chi connectivity index (χ4v) is 3.40. The maximum absolute atomic E-state index is 12.2. The number of carbonyl (C=O) groups excluding carboxylic acids is 2. The number of benzene rings is 2. The summed E-state index contributed by atoms with van der Waals surface area (Å²) >= 11 is 0. The van der Waals surface area contributed by atoms with Gasteiger partial charge < -0.3 is 15.5 Å². The lowest BCUT2D eigenvalue weighted by Crippen LogP contribution is -2.29. The van der Waals surface area contributed by atoms with Crippen molar-refractivity contribution in [1.29, 1.82) is 0 Å². The number of hydrogen-bond donors (Lipinski definition) is 2. The standard InChI is InChI=1S/C22H27N3O2/c1-2-17-8-4-5-9-20(17)24-22(27)16-21(26)23-18-10-12-19(13-11-18)25-14-6-3-7-15-25/h4-5,8-13H,2-3,6-7,14-16H2,1H3,(H,23,26)(H,24,27). The number of nitrogens with zero attached hydrogens (tertiary/aromatic N) is 1. The second-order valence-corrected chi connectivity index (χ2v) is 6.88. The first-order valence-corrected chi connectivity index (χ1v) is 9.68. The van der Waals surface area contributed by atoms with Gasteiger partial charge in [-0.25, -0.2) is 0 Å². The van der Waals surface area contributed by atoms with Gasteiger partial charge in [-0.3, -0.25) is 9.59 Å². The molecular formula is C22H27N3O2. The summed E-state index contributed by atoms with van der Waals surface area (Å²) in [6.07, 6.45) is 4.39. The van der Waals surface area contributed by atoms with Crippen LogP contribution in [0.5, 0.6) is 0 Å². The second kappa shape index (κ2) is 9.21. The maximum atomic E-state index is 12.2. The average Bonchev–Trinajstić information content (AvgIpc) is 2.69. The second-order valence-electron chi connectivity index (χ2n) is 6.88. The molecular weight excluding hydrogens is 338 g/mol. The molecule has 0 radical (unpaired) electrons. The van der Waals surface area contributed by atoms with Crippen molar-refractivity contribution >= 4 is 28.9 Å². The van der Waals surface area contributed by atoms with Crippen molar-refractivity contribution in [1.82, 2.24) is 0 Å². The Hall–Kier alpha value is -2.82. The Kier molecular flexibility index (Phi) is 6.47. The number of aryl methyl sites for hydroxylation is 1. The normalized spacial score (nSPS) is 13.9. The summed E-state index contributed by atoms with van der Waals surface area (Å²) < 4.78 is 0. The topological polar surface area (TPSA) is 61.4 Å².